The van der Waals surface area contributed by atoms with E-state index in [0.717, 1.165) is 73.7 Å². The molecule has 0 aliphatic heterocycles. The van der Waals surface area contributed by atoms with Crippen LogP contribution in [0.3, 0.4) is 0 Å². The Kier molecular flexibility index (Phi) is 9.19. The number of aromatic amines is 2. The van der Waals surface area contributed by atoms with E-state index in [2.05, 4.69) is 86.9 Å². The van der Waals surface area contributed by atoms with Crippen molar-refractivity contribution in [3.63, 3.8) is 0 Å². The zero-order valence-electron chi connectivity index (χ0n) is 27.2. The van der Waals surface area contributed by atoms with Crippen LogP contribution in [-0.2, 0) is 6.54 Å². The molecule has 0 fully saturated rings. The number of H-pyrrole nitrogens is 2. The second-order valence-corrected chi connectivity index (χ2v) is 15.9. The largest absolute Gasteiger partial charge is 0.358 e. The zero-order chi connectivity index (χ0) is 33.2. The number of nitrogens with zero attached hydrogens (tertiary/aromatic N) is 3. The van der Waals surface area contributed by atoms with Crippen LogP contribution in [0.4, 0.5) is 10.1 Å². The van der Waals surface area contributed by atoms with Gasteiger partial charge in [0.15, 0.2) is 5.65 Å². The third-order valence-electron chi connectivity index (χ3n) is 7.30. The number of hydrogen-bond acceptors (Lipinski definition) is 5. The molecule has 7 nitrogen and oxygen atoms in total. The molecule has 4 heterocycles. The normalized spacial score (nSPS) is 12.4. The number of benzene rings is 1. The number of halogens is 1. The molecule has 0 bridgehead atoms. The fourth-order valence-electron chi connectivity index (χ4n) is 5.41. The number of nitrogens with one attached hydrogen (secondary N) is 4. The van der Waals surface area contributed by atoms with Crippen LogP contribution < -0.4 is 10.0 Å². The van der Waals surface area contributed by atoms with Gasteiger partial charge in [0.2, 0.25) is 0 Å². The summed E-state index contributed by atoms with van der Waals surface area (Å²) in [6.07, 6.45) is 11.8. The third-order valence-corrected chi connectivity index (χ3v) is 8.14. The number of anilines is 1. The summed E-state index contributed by atoms with van der Waals surface area (Å²) in [5, 5.41) is 11.9. The van der Waals surface area contributed by atoms with Gasteiger partial charge in [-0.05, 0) is 78.1 Å². The van der Waals surface area contributed by atoms with E-state index in [1.807, 2.05) is 43.7 Å². The van der Waals surface area contributed by atoms with Crippen LogP contribution in [-0.4, -0.2) is 43.1 Å². The fraction of sp³-hybridized carbons (Fsp3) is 0.216. The molecule has 0 amide bonds. The Bertz CT molecular complexity index is 2070. The van der Waals surface area contributed by atoms with Crippen LogP contribution in [0.25, 0.3) is 39.1 Å². The molecule has 9 heteroatoms. The van der Waals surface area contributed by atoms with Crippen molar-refractivity contribution < 1.29 is 4.39 Å². The Morgan fingerprint density at radius 1 is 1.04 bits per heavy atom. The minimum absolute atomic E-state index is 0.125. The zero-order valence-corrected chi connectivity index (χ0v) is 28.0. The molecule has 5 rings (SSSR count). The van der Waals surface area contributed by atoms with E-state index in [1.54, 1.807) is 24.5 Å². The van der Waals surface area contributed by atoms with E-state index in [4.69, 9.17) is 0 Å². The van der Waals surface area contributed by atoms with E-state index < -0.39 is 9.39 Å². The van der Waals surface area contributed by atoms with Gasteiger partial charge < -0.3 is 10.3 Å². The molecule has 0 radical (unpaired) electrons. The molecular formula is C37H42FN7S. The van der Waals surface area contributed by atoms with E-state index >= 15 is 0 Å². The number of hydrogen-bond donors (Lipinski definition) is 4. The van der Waals surface area contributed by atoms with Crippen molar-refractivity contribution in [2.45, 2.75) is 40.7 Å². The van der Waals surface area contributed by atoms with Crippen molar-refractivity contribution in [2.24, 2.45) is 5.41 Å². The highest BCUT2D eigenvalue weighted by atomic mass is 32.2. The van der Waals surface area contributed by atoms with Crippen molar-refractivity contribution in [3.05, 3.63) is 114 Å². The summed E-state index contributed by atoms with van der Waals surface area (Å²) in [6, 6.07) is 11.2. The summed E-state index contributed by atoms with van der Waals surface area (Å²) in [6.45, 7) is 17.1. The molecule has 5 aromatic rings. The van der Waals surface area contributed by atoms with Crippen LogP contribution in [0.5, 0.6) is 0 Å². The van der Waals surface area contributed by atoms with E-state index in [0.29, 0.717) is 12.2 Å². The summed E-state index contributed by atoms with van der Waals surface area (Å²) in [7, 11) is -1.44. The molecule has 0 aliphatic carbocycles. The number of rotatable bonds is 11. The highest BCUT2D eigenvalue weighted by molar-refractivity contribution is 8.25. The first-order valence-corrected chi connectivity index (χ1v) is 17.3. The minimum atomic E-state index is -1.44. The van der Waals surface area contributed by atoms with Gasteiger partial charge in [-0.15, -0.1) is 0 Å². The second kappa shape index (κ2) is 12.9. The van der Waals surface area contributed by atoms with Crippen molar-refractivity contribution >= 4 is 43.4 Å². The first kappa shape index (κ1) is 32.7. The van der Waals surface area contributed by atoms with Gasteiger partial charge in [0.1, 0.15) is 5.82 Å². The average Bonchev–Trinajstić information content (AvgIpc) is 3.56. The van der Waals surface area contributed by atoms with Crippen molar-refractivity contribution in [1.82, 2.24) is 29.9 Å². The Hall–Kier alpha value is -4.73. The molecule has 0 saturated carbocycles. The summed E-state index contributed by atoms with van der Waals surface area (Å²) in [5.41, 5.74) is 10.3. The van der Waals surface area contributed by atoms with Gasteiger partial charge in [0.05, 0.1) is 23.3 Å². The van der Waals surface area contributed by atoms with E-state index in [9.17, 15) is 4.39 Å². The van der Waals surface area contributed by atoms with Gasteiger partial charge in [-0.3, -0.25) is 14.8 Å². The lowest BCUT2D eigenvalue weighted by atomic mass is 9.91. The number of allylic oxidation sites excluding steroid dienone is 3. The van der Waals surface area contributed by atoms with E-state index in [1.165, 1.54) is 6.07 Å². The summed E-state index contributed by atoms with van der Waals surface area (Å²) < 4.78 is 18.2. The maximum Gasteiger partial charge on any atom is 0.181 e. The predicted molar refractivity (Wildman–Crippen MR) is 197 cm³/mol. The van der Waals surface area contributed by atoms with Crippen LogP contribution in [0, 0.1) is 18.2 Å². The summed E-state index contributed by atoms with van der Waals surface area (Å²) >= 11 is 0. The number of aromatic nitrogens is 5. The Labute approximate surface area is 271 Å². The van der Waals surface area contributed by atoms with E-state index in [-0.39, 0.29) is 11.2 Å². The molecule has 0 spiro atoms. The van der Waals surface area contributed by atoms with Gasteiger partial charge in [0.25, 0.3) is 0 Å². The van der Waals surface area contributed by atoms with Crippen LogP contribution >= 0.6 is 9.39 Å². The lowest BCUT2D eigenvalue weighted by molar-refractivity contribution is 0.411. The smallest absolute Gasteiger partial charge is 0.181 e. The first-order chi connectivity index (χ1) is 21.7. The molecule has 0 atom stereocenters. The molecule has 0 saturated heterocycles. The minimum Gasteiger partial charge on any atom is -0.358 e. The highest BCUT2D eigenvalue weighted by Crippen LogP contribution is 2.35. The number of aryl methyl sites for hydroxylation is 1. The van der Waals surface area contributed by atoms with Gasteiger partial charge in [-0.1, -0.05) is 57.8 Å². The Morgan fingerprint density at radius 3 is 2.52 bits per heavy atom. The standard InChI is InChI=1S/C37H42FN7S/c1-10-11-31(26-12-25(13-29(38)14-26)19-41-46(7,8)9)32-17-34(43-24(32)3)35-33-16-28(21-40-36(33)45-44-35)27-15-30(22-39-20-27)42-23(2)18-37(4,5)6/h10-17,20-22,41-43H,1-2,7-8,18-19H2,3-6,9H3,(H,40,44,45)/b31-11-. The van der Waals surface area contributed by atoms with Gasteiger partial charge in [-0.2, -0.15) is 14.5 Å². The molecule has 1 aromatic carbocycles. The lowest BCUT2D eigenvalue weighted by Crippen LogP contribution is -2.10. The lowest BCUT2D eigenvalue weighted by Gasteiger charge is -2.20. The van der Waals surface area contributed by atoms with Gasteiger partial charge >= 0.3 is 0 Å². The van der Waals surface area contributed by atoms with Gasteiger partial charge in [0, 0.05) is 52.4 Å². The van der Waals surface area contributed by atoms with Crippen LogP contribution in [0.15, 0.2) is 86.0 Å². The SMILES string of the molecule is C=C/C=C(/c1cc(F)cc(CNS(=C)(=C)C)c1)c1cc(-c2[nH]nc3ncc(-c4cncc(NC(=C)CC(C)(C)C)c4)cc23)[nH]c1C. The monoisotopic (exact) mass is 635 g/mol. The number of fused-ring (bicyclic) bond motifs is 1. The second-order valence-electron chi connectivity index (χ2n) is 13.1. The molecule has 46 heavy (non-hydrogen) atoms. The average molecular weight is 636 g/mol. The van der Waals surface area contributed by atoms with Gasteiger partial charge in [-0.25, -0.2) is 9.37 Å². The van der Waals surface area contributed by atoms with Crippen molar-refractivity contribution in [2.75, 3.05) is 11.6 Å². The van der Waals surface area contributed by atoms with Crippen LogP contribution in [0.1, 0.15) is 49.6 Å². The third kappa shape index (κ3) is 7.91. The van der Waals surface area contributed by atoms with Crippen LogP contribution in [0.2, 0.25) is 0 Å². The molecule has 4 N–H and O–H groups in total. The molecule has 0 aliphatic rings. The molecule has 238 valence electrons. The molecular weight excluding hydrogens is 594 g/mol. The summed E-state index contributed by atoms with van der Waals surface area (Å²) in [5.74, 6) is 7.82. The summed E-state index contributed by atoms with van der Waals surface area (Å²) in [4.78, 5) is 12.6. The van der Waals surface area contributed by atoms with Crippen molar-refractivity contribution in [1.29, 1.82) is 0 Å². The maximum absolute atomic E-state index is 14.9. The first-order valence-electron chi connectivity index (χ1n) is 15.0. The predicted octanol–water partition coefficient (Wildman–Crippen LogP) is 8.75. The molecule has 4 aromatic heterocycles. The van der Waals surface area contributed by atoms with Crippen molar-refractivity contribution in [3.8, 4) is 22.5 Å². The Morgan fingerprint density at radius 2 is 1.80 bits per heavy atom. The fourth-order valence-corrected chi connectivity index (χ4v) is 5.93. The quantitative estimate of drug-likeness (QED) is 0.0860. The number of pyridine rings is 2. The maximum atomic E-state index is 14.9. The topological polar surface area (TPSA) is 94.3 Å². The molecule has 0 unspecified atom stereocenters. The Balaban J connectivity index is 1.48. The highest BCUT2D eigenvalue weighted by Gasteiger charge is 2.18.